The third-order valence-corrected chi connectivity index (χ3v) is 8.36. The van der Waals surface area contributed by atoms with E-state index in [1.807, 2.05) is 0 Å². The first-order chi connectivity index (χ1) is 11.7. The van der Waals surface area contributed by atoms with Gasteiger partial charge in [-0.05, 0) is 47.9 Å². The number of rotatable bonds is 1. The largest absolute Gasteiger partial charge is 0.389 e. The molecule has 2 heterocycles. The summed E-state index contributed by atoms with van der Waals surface area (Å²) in [5.41, 5.74) is 4.22. The molecule has 1 N–H and O–H groups in total. The normalized spacial score (nSPS) is 34.6. The lowest BCUT2D eigenvalue weighted by molar-refractivity contribution is -0.00320. The average Bonchev–Trinajstić information content (AvgIpc) is 2.92. The summed E-state index contributed by atoms with van der Waals surface area (Å²) in [5, 5.41) is 12.1. The zero-order chi connectivity index (χ0) is 16.3. The van der Waals surface area contributed by atoms with Gasteiger partial charge in [0.2, 0.25) is 0 Å². The Morgan fingerprint density at radius 3 is 1.92 bits per heavy atom. The maximum Gasteiger partial charge on any atom is 0.0779 e. The van der Waals surface area contributed by atoms with Crippen LogP contribution in [0, 0.1) is 0 Å². The summed E-state index contributed by atoms with van der Waals surface area (Å²) in [5.74, 6) is 0.0188. The molecule has 3 aliphatic rings. The lowest BCUT2D eigenvalue weighted by atomic mass is 9.72. The van der Waals surface area contributed by atoms with Crippen molar-refractivity contribution < 1.29 is 9.32 Å². The maximum atomic E-state index is 12.6. The van der Waals surface area contributed by atoms with Gasteiger partial charge < -0.3 is 5.11 Å². The molecular weight excluding hydrogens is 316 g/mol. The van der Waals surface area contributed by atoms with Crippen LogP contribution in [-0.4, -0.2) is 25.4 Å². The minimum atomic E-state index is -0.771. The highest BCUT2D eigenvalue weighted by Gasteiger charge is 2.52. The van der Waals surface area contributed by atoms with Crippen molar-refractivity contribution in [2.75, 3.05) is 0 Å². The molecule has 2 aromatic carbocycles. The van der Waals surface area contributed by atoms with E-state index in [4.69, 9.17) is 0 Å². The molecule has 2 nitrogen and oxygen atoms in total. The molecule has 2 unspecified atom stereocenters. The van der Waals surface area contributed by atoms with Crippen LogP contribution in [0.1, 0.15) is 49.1 Å². The molecule has 0 amide bonds. The number of hydrogen-bond donors (Lipinski definition) is 1. The third-order valence-electron chi connectivity index (χ3n) is 6.24. The molecule has 2 fully saturated rings. The van der Waals surface area contributed by atoms with Crippen molar-refractivity contribution in [3.8, 4) is 11.1 Å². The minimum Gasteiger partial charge on any atom is -0.389 e. The number of hydrogen-bond acceptors (Lipinski definition) is 2. The van der Waals surface area contributed by atoms with Gasteiger partial charge in [-0.2, -0.15) is 0 Å². The van der Waals surface area contributed by atoms with Crippen LogP contribution in [0.4, 0.5) is 0 Å². The predicted molar refractivity (Wildman–Crippen MR) is 97.5 cm³/mol. The van der Waals surface area contributed by atoms with Gasteiger partial charge in [-0.3, -0.25) is 4.21 Å². The first-order valence-electron chi connectivity index (χ1n) is 8.97. The molecule has 24 heavy (non-hydrogen) atoms. The zero-order valence-electron chi connectivity index (χ0n) is 13.7. The molecule has 0 spiro atoms. The molecular formula is C21H22O2S. The summed E-state index contributed by atoms with van der Waals surface area (Å²) in [6.45, 7) is 0. The summed E-state index contributed by atoms with van der Waals surface area (Å²) < 4.78 is 12.6. The van der Waals surface area contributed by atoms with Crippen molar-refractivity contribution in [2.24, 2.45) is 0 Å². The molecule has 0 aromatic heterocycles. The van der Waals surface area contributed by atoms with E-state index in [1.165, 1.54) is 22.3 Å². The molecule has 3 heteroatoms. The molecule has 0 radical (unpaired) electrons. The van der Waals surface area contributed by atoms with Crippen LogP contribution < -0.4 is 0 Å². The summed E-state index contributed by atoms with van der Waals surface area (Å²) in [4.78, 5) is 0. The Balaban J connectivity index is 1.65. The van der Waals surface area contributed by atoms with Crippen molar-refractivity contribution >= 4 is 10.8 Å². The second-order valence-corrected chi connectivity index (χ2v) is 9.61. The van der Waals surface area contributed by atoms with Crippen molar-refractivity contribution in [1.29, 1.82) is 0 Å². The minimum absolute atomic E-state index is 0.0188. The predicted octanol–water partition coefficient (Wildman–Crippen LogP) is 3.99. The van der Waals surface area contributed by atoms with Crippen LogP contribution in [-0.2, 0) is 10.8 Å². The van der Waals surface area contributed by atoms with Crippen molar-refractivity contribution in [1.82, 2.24) is 0 Å². The summed E-state index contributed by atoms with van der Waals surface area (Å²) in [6, 6.07) is 17.0. The fourth-order valence-electron chi connectivity index (χ4n) is 5.29. The van der Waals surface area contributed by atoms with E-state index in [-0.39, 0.29) is 16.4 Å². The molecule has 1 aliphatic carbocycles. The molecule has 124 valence electrons. The highest BCUT2D eigenvalue weighted by molar-refractivity contribution is 7.86. The van der Waals surface area contributed by atoms with Crippen LogP contribution in [0.15, 0.2) is 48.5 Å². The highest BCUT2D eigenvalue weighted by Crippen LogP contribution is 2.54. The monoisotopic (exact) mass is 338 g/mol. The Kier molecular flexibility index (Phi) is 3.26. The summed E-state index contributed by atoms with van der Waals surface area (Å²) >= 11 is 0. The molecule has 2 saturated heterocycles. The average molecular weight is 338 g/mol. The summed E-state index contributed by atoms with van der Waals surface area (Å²) in [6.07, 6.45) is 4.50. The lowest BCUT2D eigenvalue weighted by Crippen LogP contribution is -2.51. The Morgan fingerprint density at radius 2 is 1.38 bits per heavy atom. The van der Waals surface area contributed by atoms with E-state index in [1.54, 1.807) is 0 Å². The molecule has 2 atom stereocenters. The Hall–Kier alpha value is -1.45. The lowest BCUT2D eigenvalue weighted by Gasteiger charge is -2.47. The van der Waals surface area contributed by atoms with Gasteiger partial charge in [0, 0.05) is 27.2 Å². The molecule has 0 saturated carbocycles. The standard InChI is InChI=1S/C21H22O2S/c22-21(12-14-6-5-7-15(13-21)24(14)23)20-18-10-3-1-8-16(18)17-9-2-4-11-19(17)20/h1-4,8-11,14-15,20,22H,5-7,12-13H2. The number of aliphatic hydroxyl groups is 1. The quantitative estimate of drug-likeness (QED) is 0.853. The molecule has 5 rings (SSSR count). The van der Waals surface area contributed by atoms with E-state index >= 15 is 0 Å². The Morgan fingerprint density at radius 1 is 0.875 bits per heavy atom. The van der Waals surface area contributed by atoms with E-state index in [0.29, 0.717) is 12.8 Å². The van der Waals surface area contributed by atoms with E-state index < -0.39 is 16.4 Å². The number of benzene rings is 2. The molecule has 2 aromatic rings. The first kappa shape index (κ1) is 14.9. The fourth-order valence-corrected chi connectivity index (χ4v) is 7.54. The number of fused-ring (bicyclic) bond motifs is 5. The zero-order valence-corrected chi connectivity index (χ0v) is 14.5. The first-order valence-corrected chi connectivity index (χ1v) is 10.2. The smallest absolute Gasteiger partial charge is 0.0779 e. The van der Waals surface area contributed by atoms with Gasteiger partial charge in [-0.15, -0.1) is 0 Å². The van der Waals surface area contributed by atoms with Gasteiger partial charge in [0.05, 0.1) is 5.60 Å². The van der Waals surface area contributed by atoms with Crippen LogP contribution in [0.3, 0.4) is 0 Å². The Labute approximate surface area is 145 Å². The second-order valence-electron chi connectivity index (χ2n) is 7.62. The molecule has 2 aliphatic heterocycles. The van der Waals surface area contributed by atoms with Gasteiger partial charge in [-0.25, -0.2) is 0 Å². The van der Waals surface area contributed by atoms with Crippen molar-refractivity contribution in [3.63, 3.8) is 0 Å². The van der Waals surface area contributed by atoms with E-state index in [2.05, 4.69) is 48.5 Å². The van der Waals surface area contributed by atoms with Crippen LogP contribution >= 0.6 is 0 Å². The van der Waals surface area contributed by atoms with Crippen molar-refractivity contribution in [3.05, 3.63) is 59.7 Å². The van der Waals surface area contributed by atoms with Gasteiger partial charge in [0.25, 0.3) is 0 Å². The highest BCUT2D eigenvalue weighted by atomic mass is 32.2. The van der Waals surface area contributed by atoms with Gasteiger partial charge >= 0.3 is 0 Å². The SMILES string of the molecule is O=S1C2CCCC1CC(O)(C1c3ccccc3-c3ccccc31)C2. The topological polar surface area (TPSA) is 37.3 Å². The third kappa shape index (κ3) is 2.01. The van der Waals surface area contributed by atoms with Crippen LogP contribution in [0.5, 0.6) is 0 Å². The van der Waals surface area contributed by atoms with Gasteiger partial charge in [-0.1, -0.05) is 55.0 Å². The van der Waals surface area contributed by atoms with Crippen molar-refractivity contribution in [2.45, 2.75) is 54.1 Å². The van der Waals surface area contributed by atoms with Crippen LogP contribution in [0.25, 0.3) is 11.1 Å². The van der Waals surface area contributed by atoms with Gasteiger partial charge in [0.15, 0.2) is 0 Å². The second kappa shape index (κ2) is 5.27. The fraction of sp³-hybridized carbons (Fsp3) is 0.429. The maximum absolute atomic E-state index is 12.6. The van der Waals surface area contributed by atoms with E-state index in [0.717, 1.165) is 19.3 Å². The van der Waals surface area contributed by atoms with Gasteiger partial charge in [0.1, 0.15) is 0 Å². The summed E-state index contributed by atoms with van der Waals surface area (Å²) in [7, 11) is -0.758. The van der Waals surface area contributed by atoms with E-state index in [9.17, 15) is 9.32 Å². The molecule has 2 bridgehead atoms. The van der Waals surface area contributed by atoms with Crippen LogP contribution in [0.2, 0.25) is 0 Å². The Bertz CT molecular complexity index is 767.